The second-order valence-electron chi connectivity index (χ2n) is 5.50. The number of unbranched alkanes of at least 4 members (excludes halogenated alkanes) is 1. The molecule has 118 valence electrons. The van der Waals surface area contributed by atoms with Gasteiger partial charge in [-0.25, -0.2) is 0 Å². The van der Waals surface area contributed by atoms with Crippen LogP contribution in [-0.4, -0.2) is 33.0 Å². The van der Waals surface area contributed by atoms with Crippen LogP contribution in [0.1, 0.15) is 43.4 Å². The minimum Gasteiger partial charge on any atom is -0.497 e. The largest absolute Gasteiger partial charge is 0.497 e. The first kappa shape index (κ1) is 16.3. The maximum Gasteiger partial charge on any atom is 0.119 e. The molecular weight excluding hydrogens is 266 g/mol. The molecule has 0 amide bonds. The van der Waals surface area contributed by atoms with Gasteiger partial charge in [-0.3, -0.25) is 0 Å². The second kappa shape index (κ2) is 8.37. The Morgan fingerprint density at radius 2 is 2.10 bits per heavy atom. The molecule has 0 saturated carbocycles. The molecule has 4 heteroatoms. The number of hydrogen-bond acceptors (Lipinski definition) is 4. The van der Waals surface area contributed by atoms with Crippen molar-refractivity contribution in [2.24, 2.45) is 5.73 Å². The molecule has 0 aromatic heterocycles. The van der Waals surface area contributed by atoms with E-state index in [1.807, 2.05) is 12.1 Å². The molecule has 1 aromatic rings. The lowest BCUT2D eigenvalue weighted by Gasteiger charge is -2.31. The summed E-state index contributed by atoms with van der Waals surface area (Å²) in [6, 6.07) is 6.05. The SMILES string of the molecule is CCCCOCCOC1CCc2ccc(OC)cc2C1N. The summed E-state index contributed by atoms with van der Waals surface area (Å²) in [5.41, 5.74) is 8.81. The van der Waals surface area contributed by atoms with Crippen LogP contribution in [0.25, 0.3) is 0 Å². The van der Waals surface area contributed by atoms with Gasteiger partial charge < -0.3 is 19.9 Å². The normalized spacial score (nSPS) is 21.1. The number of methoxy groups -OCH3 is 1. The summed E-state index contributed by atoms with van der Waals surface area (Å²) >= 11 is 0. The number of ether oxygens (including phenoxy) is 3. The molecule has 0 bridgehead atoms. The van der Waals surface area contributed by atoms with E-state index >= 15 is 0 Å². The topological polar surface area (TPSA) is 53.7 Å². The Morgan fingerprint density at radius 1 is 1.24 bits per heavy atom. The highest BCUT2D eigenvalue weighted by Crippen LogP contribution is 2.32. The van der Waals surface area contributed by atoms with Gasteiger partial charge in [0.15, 0.2) is 0 Å². The van der Waals surface area contributed by atoms with E-state index in [1.165, 1.54) is 5.56 Å². The summed E-state index contributed by atoms with van der Waals surface area (Å²) in [6.45, 7) is 4.23. The predicted octanol–water partition coefficient (Wildman–Crippen LogP) is 2.84. The zero-order chi connectivity index (χ0) is 15.1. The summed E-state index contributed by atoms with van der Waals surface area (Å²) < 4.78 is 16.7. The van der Waals surface area contributed by atoms with Crippen LogP contribution in [0, 0.1) is 0 Å². The molecule has 2 atom stereocenters. The first-order valence-corrected chi connectivity index (χ1v) is 7.88. The van der Waals surface area contributed by atoms with Crippen molar-refractivity contribution in [3.05, 3.63) is 29.3 Å². The van der Waals surface area contributed by atoms with Crippen LogP contribution in [0.4, 0.5) is 0 Å². The van der Waals surface area contributed by atoms with Gasteiger partial charge in [-0.15, -0.1) is 0 Å². The standard InChI is InChI=1S/C17H27NO3/c1-3-4-9-20-10-11-21-16-8-6-13-5-7-14(19-2)12-15(13)17(16)18/h5,7,12,16-17H,3-4,6,8-11,18H2,1-2H3. The summed E-state index contributed by atoms with van der Waals surface area (Å²) in [5, 5.41) is 0. The first-order chi connectivity index (χ1) is 10.3. The maximum atomic E-state index is 6.36. The average molecular weight is 293 g/mol. The molecule has 0 radical (unpaired) electrons. The minimum absolute atomic E-state index is 0.0689. The lowest BCUT2D eigenvalue weighted by molar-refractivity contribution is -0.0130. The Morgan fingerprint density at radius 3 is 2.86 bits per heavy atom. The van der Waals surface area contributed by atoms with Gasteiger partial charge >= 0.3 is 0 Å². The van der Waals surface area contributed by atoms with Gasteiger partial charge in [-0.1, -0.05) is 19.4 Å². The van der Waals surface area contributed by atoms with Crippen molar-refractivity contribution in [2.75, 3.05) is 26.9 Å². The molecule has 1 aromatic carbocycles. The number of fused-ring (bicyclic) bond motifs is 1. The smallest absolute Gasteiger partial charge is 0.119 e. The van der Waals surface area contributed by atoms with Crippen LogP contribution in [-0.2, 0) is 15.9 Å². The molecule has 2 rings (SSSR count). The highest BCUT2D eigenvalue weighted by molar-refractivity contribution is 5.39. The van der Waals surface area contributed by atoms with Gasteiger partial charge in [0.05, 0.1) is 32.5 Å². The molecule has 1 aliphatic rings. The fourth-order valence-corrected chi connectivity index (χ4v) is 2.71. The van der Waals surface area contributed by atoms with E-state index in [1.54, 1.807) is 7.11 Å². The Bertz CT molecular complexity index is 436. The average Bonchev–Trinajstić information content (AvgIpc) is 2.52. The lowest BCUT2D eigenvalue weighted by atomic mass is 9.86. The first-order valence-electron chi connectivity index (χ1n) is 7.88. The quantitative estimate of drug-likeness (QED) is 0.749. The van der Waals surface area contributed by atoms with E-state index in [4.69, 9.17) is 19.9 Å². The second-order valence-corrected chi connectivity index (χ2v) is 5.50. The Labute approximate surface area is 127 Å². The van der Waals surface area contributed by atoms with Crippen molar-refractivity contribution in [3.8, 4) is 5.75 Å². The summed E-state index contributed by atoms with van der Waals surface area (Å²) in [5.74, 6) is 0.854. The monoisotopic (exact) mass is 293 g/mol. The predicted molar refractivity (Wildman–Crippen MR) is 83.7 cm³/mol. The number of rotatable bonds is 8. The van der Waals surface area contributed by atoms with Gasteiger partial charge in [0.2, 0.25) is 0 Å². The van der Waals surface area contributed by atoms with Crippen LogP contribution in [0.15, 0.2) is 18.2 Å². The maximum absolute atomic E-state index is 6.36. The van der Waals surface area contributed by atoms with Gasteiger partial charge in [-0.2, -0.15) is 0 Å². The third kappa shape index (κ3) is 4.43. The molecule has 2 N–H and O–H groups in total. The highest BCUT2D eigenvalue weighted by atomic mass is 16.5. The van der Waals surface area contributed by atoms with Crippen LogP contribution in [0.3, 0.4) is 0 Å². The van der Waals surface area contributed by atoms with Gasteiger partial charge in [0.1, 0.15) is 5.75 Å². The molecule has 4 nitrogen and oxygen atoms in total. The van der Waals surface area contributed by atoms with E-state index < -0.39 is 0 Å². The van der Waals surface area contributed by atoms with Gasteiger partial charge in [-0.05, 0) is 42.5 Å². The Balaban J connectivity index is 1.83. The van der Waals surface area contributed by atoms with Crippen molar-refractivity contribution in [1.29, 1.82) is 0 Å². The summed E-state index contributed by atoms with van der Waals surface area (Å²) in [7, 11) is 1.68. The van der Waals surface area contributed by atoms with Crippen molar-refractivity contribution in [3.63, 3.8) is 0 Å². The molecule has 0 spiro atoms. The molecule has 21 heavy (non-hydrogen) atoms. The zero-order valence-corrected chi connectivity index (χ0v) is 13.1. The van der Waals surface area contributed by atoms with Crippen LogP contribution >= 0.6 is 0 Å². The Hall–Kier alpha value is -1.10. The zero-order valence-electron chi connectivity index (χ0n) is 13.1. The number of aryl methyl sites for hydroxylation is 1. The van der Waals surface area contributed by atoms with Crippen molar-refractivity contribution in [1.82, 2.24) is 0 Å². The molecule has 0 aliphatic heterocycles. The van der Waals surface area contributed by atoms with Crippen molar-refractivity contribution < 1.29 is 14.2 Å². The van der Waals surface area contributed by atoms with Crippen LogP contribution in [0.5, 0.6) is 5.75 Å². The third-order valence-electron chi connectivity index (χ3n) is 4.01. The lowest BCUT2D eigenvalue weighted by Crippen LogP contribution is -2.34. The minimum atomic E-state index is -0.0838. The van der Waals surface area contributed by atoms with Crippen molar-refractivity contribution >= 4 is 0 Å². The van der Waals surface area contributed by atoms with E-state index in [-0.39, 0.29) is 12.1 Å². The molecule has 0 heterocycles. The van der Waals surface area contributed by atoms with E-state index in [2.05, 4.69) is 13.0 Å². The fourth-order valence-electron chi connectivity index (χ4n) is 2.71. The molecule has 0 fully saturated rings. The number of benzene rings is 1. The number of hydrogen-bond donors (Lipinski definition) is 1. The summed E-state index contributed by atoms with van der Waals surface area (Å²) in [6.07, 6.45) is 4.31. The molecular formula is C17H27NO3. The highest BCUT2D eigenvalue weighted by Gasteiger charge is 2.27. The van der Waals surface area contributed by atoms with Crippen molar-refractivity contribution in [2.45, 2.75) is 44.8 Å². The number of nitrogens with two attached hydrogens (primary N) is 1. The van der Waals surface area contributed by atoms with Crippen LogP contribution < -0.4 is 10.5 Å². The van der Waals surface area contributed by atoms with Gasteiger partial charge in [0.25, 0.3) is 0 Å². The van der Waals surface area contributed by atoms with Crippen LogP contribution in [0.2, 0.25) is 0 Å². The third-order valence-corrected chi connectivity index (χ3v) is 4.01. The molecule has 0 saturated heterocycles. The van der Waals surface area contributed by atoms with E-state index in [0.717, 1.165) is 43.6 Å². The van der Waals surface area contributed by atoms with E-state index in [0.29, 0.717) is 13.2 Å². The van der Waals surface area contributed by atoms with E-state index in [9.17, 15) is 0 Å². The Kier molecular flexibility index (Phi) is 6.49. The fraction of sp³-hybridized carbons (Fsp3) is 0.647. The molecule has 2 unspecified atom stereocenters. The summed E-state index contributed by atoms with van der Waals surface area (Å²) in [4.78, 5) is 0. The molecule has 1 aliphatic carbocycles. The van der Waals surface area contributed by atoms with Gasteiger partial charge in [0, 0.05) is 6.61 Å².